The van der Waals surface area contributed by atoms with Crippen molar-refractivity contribution in [3.63, 3.8) is 0 Å². The summed E-state index contributed by atoms with van der Waals surface area (Å²) in [6.45, 7) is 1.88. The third kappa shape index (κ3) is 6.28. The molecule has 0 radical (unpaired) electrons. The molecule has 0 amide bonds. The highest BCUT2D eigenvalue weighted by Crippen LogP contribution is 1.87. The van der Waals surface area contributed by atoms with Crippen LogP contribution in [0.25, 0.3) is 0 Å². The molecule has 0 bridgehead atoms. The number of halogens is 1. The number of unbranched alkanes of at least 4 members (excludes halogenated alkanes) is 1. The largest absolute Gasteiger partial charge is 0.620 e. The van der Waals surface area contributed by atoms with Crippen LogP contribution >= 0.6 is 12.4 Å². The van der Waals surface area contributed by atoms with Crippen molar-refractivity contribution in [3.8, 4) is 0 Å². The zero-order valence-corrected chi connectivity index (χ0v) is 7.37. The van der Waals surface area contributed by atoms with E-state index in [0.717, 1.165) is 6.42 Å². The molecule has 0 aromatic heterocycles. The Hall–Kier alpha value is 0.160. The molecular weight excluding hydrogens is 178 g/mol. The lowest BCUT2D eigenvalue weighted by atomic mass is 10.4. The van der Waals surface area contributed by atoms with E-state index in [9.17, 15) is 13.6 Å². The van der Waals surface area contributed by atoms with Crippen molar-refractivity contribution in [2.75, 3.05) is 5.75 Å². The van der Waals surface area contributed by atoms with Crippen LogP contribution < -0.4 is 4.89 Å². The summed E-state index contributed by atoms with van der Waals surface area (Å²) in [6.07, 6.45) is 1.37. The summed E-state index contributed by atoms with van der Waals surface area (Å²) in [5.74, 6) is -0.00694. The van der Waals surface area contributed by atoms with Crippen LogP contribution in [0.4, 0.5) is 0 Å². The number of hydrogen-bond donors (Lipinski definition) is 1. The van der Waals surface area contributed by atoms with E-state index in [2.05, 4.69) is 0 Å². The number of rotatable bonds is 4. The predicted octanol–water partition coefficient (Wildman–Crippen LogP) is -0.401. The van der Waals surface area contributed by atoms with Gasteiger partial charge >= 0.3 is 0 Å². The van der Waals surface area contributed by atoms with Gasteiger partial charge in [0.1, 0.15) is 5.75 Å². The molecule has 10 heavy (non-hydrogen) atoms. The van der Waals surface area contributed by atoms with Crippen molar-refractivity contribution in [1.29, 1.82) is 0 Å². The van der Waals surface area contributed by atoms with E-state index >= 15 is 0 Å². The Morgan fingerprint density at radius 2 is 2.00 bits per heavy atom. The molecular formula is C4H12ClNO3S. The number of hydrogen-bond acceptors (Lipinski definition) is 3. The van der Waals surface area contributed by atoms with Gasteiger partial charge in [-0.25, -0.2) is 0 Å². The van der Waals surface area contributed by atoms with E-state index in [1.807, 2.05) is 6.92 Å². The molecule has 0 aliphatic heterocycles. The lowest BCUT2D eigenvalue weighted by Gasteiger charge is -2.00. The number of sulfonamides is 1. The summed E-state index contributed by atoms with van der Waals surface area (Å²) in [4.78, 5) is 0.0165. The molecule has 0 heterocycles. The van der Waals surface area contributed by atoms with E-state index < -0.39 is 10.0 Å². The topological polar surface area (TPSA) is 73.8 Å². The van der Waals surface area contributed by atoms with Gasteiger partial charge in [-0.15, -0.1) is 12.4 Å². The van der Waals surface area contributed by atoms with Crippen LogP contribution in [0.3, 0.4) is 0 Å². The van der Waals surface area contributed by atoms with Crippen LogP contribution in [0.15, 0.2) is 0 Å². The lowest BCUT2D eigenvalue weighted by Crippen LogP contribution is -2.81. The third-order valence-electron chi connectivity index (χ3n) is 0.929. The second-order valence-corrected chi connectivity index (χ2v) is 3.74. The highest BCUT2D eigenvalue weighted by atomic mass is 35.5. The number of primary sulfonamides is 1. The maximum atomic E-state index is 10.4. The quantitative estimate of drug-likeness (QED) is 0.612. The minimum Gasteiger partial charge on any atom is -0.620 e. The average Bonchev–Trinajstić information content (AvgIpc) is 1.84. The summed E-state index contributed by atoms with van der Waals surface area (Å²) >= 11 is 0. The molecule has 0 saturated carbocycles. The zero-order chi connectivity index (χ0) is 7.33. The summed E-state index contributed by atoms with van der Waals surface area (Å²) in [5, 5.41) is 9.74. The molecule has 64 valence electrons. The Balaban J connectivity index is 0. The first-order valence-electron chi connectivity index (χ1n) is 2.80. The van der Waals surface area contributed by atoms with Crippen molar-refractivity contribution in [2.45, 2.75) is 19.8 Å². The second-order valence-electron chi connectivity index (χ2n) is 1.82. The van der Waals surface area contributed by atoms with E-state index in [1.54, 1.807) is 0 Å². The van der Waals surface area contributed by atoms with Gasteiger partial charge in [-0.3, -0.25) is 4.89 Å². The second kappa shape index (κ2) is 5.91. The van der Waals surface area contributed by atoms with E-state index in [0.29, 0.717) is 6.42 Å². The Morgan fingerprint density at radius 1 is 1.50 bits per heavy atom. The molecule has 0 aliphatic carbocycles. The fraction of sp³-hybridized carbons (Fsp3) is 1.00. The first-order valence-corrected chi connectivity index (χ1v) is 4.52. The van der Waals surface area contributed by atoms with Gasteiger partial charge < -0.3 is 5.21 Å². The van der Waals surface area contributed by atoms with Crippen molar-refractivity contribution in [3.05, 3.63) is 5.21 Å². The summed E-state index contributed by atoms with van der Waals surface area (Å²) in [6, 6.07) is 0. The average molecular weight is 190 g/mol. The summed E-state index contributed by atoms with van der Waals surface area (Å²) in [7, 11) is -3.36. The molecule has 0 aromatic rings. The van der Waals surface area contributed by atoms with E-state index in [4.69, 9.17) is 0 Å². The number of nitrogens with two attached hydrogens (primary N) is 1. The fourth-order valence-electron chi connectivity index (χ4n) is 0.394. The van der Waals surface area contributed by atoms with Gasteiger partial charge in [0.05, 0.1) is 0 Å². The molecule has 0 unspecified atom stereocenters. The molecule has 0 fully saturated rings. The predicted molar refractivity (Wildman–Crippen MR) is 41.2 cm³/mol. The monoisotopic (exact) mass is 189 g/mol. The fourth-order valence-corrected chi connectivity index (χ4v) is 1.18. The highest BCUT2D eigenvalue weighted by Gasteiger charge is 2.05. The molecule has 4 nitrogen and oxygen atoms in total. The maximum absolute atomic E-state index is 10.4. The van der Waals surface area contributed by atoms with E-state index in [1.165, 1.54) is 0 Å². The van der Waals surface area contributed by atoms with Crippen LogP contribution in [0.5, 0.6) is 0 Å². The van der Waals surface area contributed by atoms with Gasteiger partial charge in [0, 0.05) is 0 Å². The lowest BCUT2D eigenvalue weighted by molar-refractivity contribution is -0.416. The standard InChI is InChI=1S/C4H11NO3S.ClH/c1-2-3-4-9(7,8)5-6;/h2-5H2,1H3;1H. The van der Waals surface area contributed by atoms with Crippen molar-refractivity contribution >= 4 is 22.4 Å². The molecule has 0 rings (SSSR count). The van der Waals surface area contributed by atoms with Crippen LogP contribution in [-0.4, -0.2) is 14.2 Å². The molecule has 2 N–H and O–H groups in total. The normalized spacial score (nSPS) is 10.6. The Labute approximate surface area is 67.0 Å². The van der Waals surface area contributed by atoms with Gasteiger partial charge in [-0.2, -0.15) is 8.42 Å². The molecule has 0 aromatic carbocycles. The Morgan fingerprint density at radius 3 is 2.30 bits per heavy atom. The first-order chi connectivity index (χ1) is 4.12. The maximum Gasteiger partial charge on any atom is 0.293 e. The van der Waals surface area contributed by atoms with Crippen LogP contribution in [0.1, 0.15) is 19.8 Å². The Bertz CT molecular complexity index is 156. The van der Waals surface area contributed by atoms with Crippen LogP contribution in [-0.2, 0) is 10.0 Å². The van der Waals surface area contributed by atoms with Gasteiger partial charge in [0.2, 0.25) is 0 Å². The highest BCUT2D eigenvalue weighted by molar-refractivity contribution is 7.84. The van der Waals surface area contributed by atoms with Crippen molar-refractivity contribution in [2.24, 2.45) is 0 Å². The van der Waals surface area contributed by atoms with Gasteiger partial charge in [-0.05, 0) is 6.42 Å². The minimum absolute atomic E-state index is 0. The molecule has 6 heteroatoms. The zero-order valence-electron chi connectivity index (χ0n) is 5.74. The third-order valence-corrected chi connectivity index (χ3v) is 2.08. The summed E-state index contributed by atoms with van der Waals surface area (Å²) < 4.78 is 20.8. The number of quaternary nitrogens is 1. The summed E-state index contributed by atoms with van der Waals surface area (Å²) in [5.41, 5.74) is 0. The van der Waals surface area contributed by atoms with Gasteiger partial charge in [-0.1, -0.05) is 13.3 Å². The molecule has 0 saturated heterocycles. The van der Waals surface area contributed by atoms with Gasteiger partial charge in [0.15, 0.2) is 0 Å². The smallest absolute Gasteiger partial charge is 0.293 e. The molecule has 0 spiro atoms. The first kappa shape index (κ1) is 12.8. The van der Waals surface area contributed by atoms with Gasteiger partial charge in [0.25, 0.3) is 10.0 Å². The van der Waals surface area contributed by atoms with E-state index in [-0.39, 0.29) is 23.0 Å². The van der Waals surface area contributed by atoms with Crippen LogP contribution in [0, 0.1) is 5.21 Å². The molecule has 0 aliphatic rings. The molecule has 0 atom stereocenters. The van der Waals surface area contributed by atoms with Crippen molar-refractivity contribution < 1.29 is 13.3 Å². The van der Waals surface area contributed by atoms with Crippen molar-refractivity contribution in [1.82, 2.24) is 0 Å². The SMILES string of the molecule is CCCCS(=O)(=O)[NH2+][O-].Cl. The minimum atomic E-state index is -3.36. The van der Waals surface area contributed by atoms with Crippen LogP contribution in [0.2, 0.25) is 0 Å². The Kier molecular flexibility index (Phi) is 7.56.